The highest BCUT2D eigenvalue weighted by atomic mass is 19.1. The van der Waals surface area contributed by atoms with E-state index in [0.717, 1.165) is 24.3 Å². The zero-order chi connectivity index (χ0) is 13.9. The molecule has 2 rings (SSSR count). The first-order valence-electron chi connectivity index (χ1n) is 7.24. The first kappa shape index (κ1) is 14.5. The number of aliphatic hydroxyl groups is 1. The van der Waals surface area contributed by atoms with Gasteiger partial charge in [0.25, 0.3) is 0 Å². The van der Waals surface area contributed by atoms with Gasteiger partial charge in [0, 0.05) is 12.6 Å². The number of nitrogens with one attached hydrogen (secondary N) is 1. The molecule has 1 aliphatic carbocycles. The maximum Gasteiger partial charge on any atom is 0.123 e. The van der Waals surface area contributed by atoms with Crippen molar-refractivity contribution in [2.45, 2.75) is 51.2 Å². The number of benzene rings is 1. The predicted molar refractivity (Wildman–Crippen MR) is 75.4 cm³/mol. The Morgan fingerprint density at radius 3 is 2.53 bits per heavy atom. The van der Waals surface area contributed by atoms with Crippen molar-refractivity contribution in [2.75, 3.05) is 6.54 Å². The summed E-state index contributed by atoms with van der Waals surface area (Å²) in [6.07, 6.45) is 4.92. The van der Waals surface area contributed by atoms with Crippen molar-refractivity contribution in [1.82, 2.24) is 5.32 Å². The molecule has 19 heavy (non-hydrogen) atoms. The molecule has 0 bridgehead atoms. The Bertz CT molecular complexity index is 398. The van der Waals surface area contributed by atoms with Crippen molar-refractivity contribution in [2.24, 2.45) is 5.92 Å². The number of hydrogen-bond acceptors (Lipinski definition) is 2. The second-order valence-electron chi connectivity index (χ2n) is 5.89. The lowest BCUT2D eigenvalue weighted by Crippen LogP contribution is -2.41. The summed E-state index contributed by atoms with van der Waals surface area (Å²) in [6.45, 7) is 4.48. The number of hydrogen-bond donors (Lipinski definition) is 2. The largest absolute Gasteiger partial charge is 0.384 e. The fraction of sp³-hybridized carbons (Fsp3) is 0.625. The van der Waals surface area contributed by atoms with Crippen molar-refractivity contribution in [3.63, 3.8) is 0 Å². The van der Waals surface area contributed by atoms with Crippen LogP contribution in [0.5, 0.6) is 0 Å². The molecule has 2 nitrogen and oxygen atoms in total. The molecule has 1 aliphatic rings. The average Bonchev–Trinajstić information content (AvgIpc) is 3.19. The minimum Gasteiger partial charge on any atom is -0.384 e. The van der Waals surface area contributed by atoms with Gasteiger partial charge in [0.1, 0.15) is 5.82 Å². The highest BCUT2D eigenvalue weighted by molar-refractivity contribution is 5.22. The third-order valence-electron chi connectivity index (χ3n) is 3.97. The van der Waals surface area contributed by atoms with Gasteiger partial charge in [-0.25, -0.2) is 4.39 Å². The van der Waals surface area contributed by atoms with Gasteiger partial charge in [0.05, 0.1) is 5.60 Å². The van der Waals surface area contributed by atoms with Crippen molar-refractivity contribution in [3.05, 3.63) is 35.6 Å². The van der Waals surface area contributed by atoms with E-state index in [1.54, 1.807) is 19.1 Å². The van der Waals surface area contributed by atoms with Crippen LogP contribution in [0.25, 0.3) is 0 Å². The lowest BCUT2D eigenvalue weighted by Gasteiger charge is -2.28. The van der Waals surface area contributed by atoms with E-state index in [1.807, 2.05) is 0 Å². The van der Waals surface area contributed by atoms with Crippen LogP contribution >= 0.6 is 0 Å². The number of halogens is 1. The fourth-order valence-electron chi connectivity index (χ4n) is 2.55. The zero-order valence-corrected chi connectivity index (χ0v) is 11.8. The number of rotatable bonds is 7. The Hall–Kier alpha value is -0.930. The molecule has 1 aromatic carbocycles. The van der Waals surface area contributed by atoms with Crippen LogP contribution in [0.2, 0.25) is 0 Å². The third kappa shape index (κ3) is 4.02. The predicted octanol–water partition coefficient (Wildman–Crippen LogP) is 3.20. The van der Waals surface area contributed by atoms with Gasteiger partial charge in [0.2, 0.25) is 0 Å². The smallest absolute Gasteiger partial charge is 0.123 e. The summed E-state index contributed by atoms with van der Waals surface area (Å²) in [5, 5.41) is 14.0. The normalized spacial score (nSPS) is 20.0. The van der Waals surface area contributed by atoms with Gasteiger partial charge < -0.3 is 10.4 Å². The third-order valence-corrected chi connectivity index (χ3v) is 3.97. The molecule has 2 unspecified atom stereocenters. The molecule has 1 fully saturated rings. The van der Waals surface area contributed by atoms with Crippen molar-refractivity contribution in [3.8, 4) is 0 Å². The van der Waals surface area contributed by atoms with E-state index in [1.165, 1.54) is 25.0 Å². The molecule has 106 valence electrons. The molecular formula is C16H24FNO. The highest BCUT2D eigenvalue weighted by Crippen LogP contribution is 2.35. The molecule has 0 aliphatic heterocycles. The molecule has 3 heteroatoms. The molecular weight excluding hydrogens is 241 g/mol. The van der Waals surface area contributed by atoms with Crippen LogP contribution in [-0.2, 0) is 5.60 Å². The summed E-state index contributed by atoms with van der Waals surface area (Å²) in [7, 11) is 0. The highest BCUT2D eigenvalue weighted by Gasteiger charge is 2.32. The average molecular weight is 265 g/mol. The van der Waals surface area contributed by atoms with Crippen LogP contribution in [0, 0.1) is 11.7 Å². The molecule has 0 saturated heterocycles. The molecule has 2 N–H and O–H groups in total. The van der Waals surface area contributed by atoms with Crippen LogP contribution in [0.1, 0.15) is 45.1 Å². The second kappa shape index (κ2) is 6.02. The summed E-state index contributed by atoms with van der Waals surface area (Å²) in [5.41, 5.74) is -0.193. The molecule has 0 heterocycles. The van der Waals surface area contributed by atoms with Crippen LogP contribution in [0.3, 0.4) is 0 Å². The van der Waals surface area contributed by atoms with Crippen LogP contribution < -0.4 is 5.32 Å². The summed E-state index contributed by atoms with van der Waals surface area (Å²) >= 11 is 0. The Labute approximate surface area is 115 Å². The molecule has 0 radical (unpaired) electrons. The quantitative estimate of drug-likeness (QED) is 0.793. The Kier molecular flexibility index (Phi) is 4.58. The minimum absolute atomic E-state index is 0.269. The Morgan fingerprint density at radius 2 is 2.00 bits per heavy atom. The van der Waals surface area contributed by atoms with Gasteiger partial charge in [-0.15, -0.1) is 0 Å². The van der Waals surface area contributed by atoms with Crippen LogP contribution in [-0.4, -0.2) is 17.7 Å². The van der Waals surface area contributed by atoms with Crippen LogP contribution in [0.15, 0.2) is 24.3 Å². The van der Waals surface area contributed by atoms with Gasteiger partial charge in [-0.05, 0) is 49.8 Å². The standard InChI is InChI=1S/C16H24FNO/c1-3-4-15(12-5-6-12)18-11-16(2,19)13-7-9-14(17)10-8-13/h7-10,12,15,18-19H,3-6,11H2,1-2H3. The first-order chi connectivity index (χ1) is 9.03. The maximum atomic E-state index is 12.9. The SMILES string of the molecule is CCCC(NCC(C)(O)c1ccc(F)cc1)C1CC1. The van der Waals surface area contributed by atoms with Gasteiger partial charge in [-0.2, -0.15) is 0 Å². The second-order valence-corrected chi connectivity index (χ2v) is 5.89. The summed E-state index contributed by atoms with van der Waals surface area (Å²) in [6, 6.07) is 6.62. The van der Waals surface area contributed by atoms with Crippen molar-refractivity contribution in [1.29, 1.82) is 0 Å². The van der Waals surface area contributed by atoms with E-state index in [9.17, 15) is 9.50 Å². The maximum absolute atomic E-state index is 12.9. The van der Waals surface area contributed by atoms with E-state index in [-0.39, 0.29) is 5.82 Å². The fourth-order valence-corrected chi connectivity index (χ4v) is 2.55. The molecule has 0 aromatic heterocycles. The summed E-state index contributed by atoms with van der Waals surface area (Å²) in [4.78, 5) is 0. The molecule has 1 aromatic rings. The molecule has 0 amide bonds. The molecule has 1 saturated carbocycles. The lowest BCUT2D eigenvalue weighted by atomic mass is 9.95. The van der Waals surface area contributed by atoms with Crippen molar-refractivity contribution >= 4 is 0 Å². The van der Waals surface area contributed by atoms with E-state index < -0.39 is 5.60 Å². The van der Waals surface area contributed by atoms with Gasteiger partial charge in [-0.3, -0.25) is 0 Å². The molecule has 0 spiro atoms. The minimum atomic E-state index is -0.950. The van der Waals surface area contributed by atoms with Crippen molar-refractivity contribution < 1.29 is 9.50 Å². The topological polar surface area (TPSA) is 32.3 Å². The van der Waals surface area contributed by atoms with E-state index in [2.05, 4.69) is 12.2 Å². The Morgan fingerprint density at radius 1 is 1.37 bits per heavy atom. The van der Waals surface area contributed by atoms with Gasteiger partial charge in [-0.1, -0.05) is 25.5 Å². The monoisotopic (exact) mass is 265 g/mol. The van der Waals surface area contributed by atoms with E-state index >= 15 is 0 Å². The van der Waals surface area contributed by atoms with Gasteiger partial charge >= 0.3 is 0 Å². The summed E-state index contributed by atoms with van der Waals surface area (Å²) < 4.78 is 12.9. The van der Waals surface area contributed by atoms with Crippen LogP contribution in [0.4, 0.5) is 4.39 Å². The van der Waals surface area contributed by atoms with Gasteiger partial charge in [0.15, 0.2) is 0 Å². The van der Waals surface area contributed by atoms with E-state index in [4.69, 9.17) is 0 Å². The van der Waals surface area contributed by atoms with E-state index in [0.29, 0.717) is 12.6 Å². The first-order valence-corrected chi connectivity index (χ1v) is 7.24. The molecule has 2 atom stereocenters. The zero-order valence-electron chi connectivity index (χ0n) is 11.8. The summed E-state index contributed by atoms with van der Waals surface area (Å²) in [5.74, 6) is 0.512. The Balaban J connectivity index is 1.94. The lowest BCUT2D eigenvalue weighted by molar-refractivity contribution is 0.0524.